The van der Waals surface area contributed by atoms with Gasteiger partial charge >= 0.3 is 0 Å². The number of carbonyl (C=O) groups excluding carboxylic acids is 1. The molecule has 0 unspecified atom stereocenters. The zero-order chi connectivity index (χ0) is 21.6. The number of benzene rings is 1. The van der Waals surface area contributed by atoms with Gasteiger partial charge in [-0.15, -0.1) is 0 Å². The molecule has 6 nitrogen and oxygen atoms in total. The first kappa shape index (κ1) is 23.4. The highest BCUT2D eigenvalue weighted by molar-refractivity contribution is 9.10. The highest BCUT2D eigenvalue weighted by atomic mass is 79.9. The van der Waals surface area contributed by atoms with Crippen molar-refractivity contribution in [1.82, 2.24) is 19.8 Å². The quantitative estimate of drug-likeness (QED) is 0.383. The molecule has 0 saturated carbocycles. The molecule has 3 rings (SSSR count). The fourth-order valence-corrected chi connectivity index (χ4v) is 4.81. The summed E-state index contributed by atoms with van der Waals surface area (Å²) >= 11 is 3.50. The van der Waals surface area contributed by atoms with Crippen molar-refractivity contribution in [3.63, 3.8) is 0 Å². The minimum Gasteiger partial charge on any atom is -0.361 e. The lowest BCUT2D eigenvalue weighted by molar-refractivity contribution is 0.0801. The Morgan fingerprint density at radius 2 is 2.00 bits per heavy atom. The van der Waals surface area contributed by atoms with Crippen LogP contribution < -0.4 is 5.32 Å². The zero-order valence-corrected chi connectivity index (χ0v) is 21.1. The van der Waals surface area contributed by atoms with Crippen LogP contribution in [0.4, 0.5) is 0 Å². The van der Waals surface area contributed by atoms with E-state index in [0.29, 0.717) is 25.7 Å². The number of halogens is 1. The van der Waals surface area contributed by atoms with Crippen LogP contribution in [0.3, 0.4) is 0 Å². The molecule has 0 radical (unpaired) electrons. The van der Waals surface area contributed by atoms with E-state index >= 15 is 0 Å². The molecule has 1 amide bonds. The molecule has 1 fully saturated rings. The van der Waals surface area contributed by atoms with Gasteiger partial charge < -0.3 is 15.0 Å². The van der Waals surface area contributed by atoms with E-state index in [-0.39, 0.29) is 5.91 Å². The molecule has 0 atom stereocenters. The highest BCUT2D eigenvalue weighted by Gasteiger charge is 2.19. The zero-order valence-electron chi connectivity index (χ0n) is 18.5. The molecule has 1 aliphatic heterocycles. The summed E-state index contributed by atoms with van der Waals surface area (Å²) < 4.78 is 8.79. The van der Waals surface area contributed by atoms with Crippen molar-refractivity contribution in [3.05, 3.63) is 28.5 Å². The van der Waals surface area contributed by atoms with E-state index in [1.807, 2.05) is 22.8 Å². The van der Waals surface area contributed by atoms with Crippen LogP contribution in [-0.2, 0) is 11.5 Å². The fourth-order valence-electron chi connectivity index (χ4n) is 3.71. The Balaban J connectivity index is 1.61. The van der Waals surface area contributed by atoms with Crippen LogP contribution in [0.25, 0.3) is 11.0 Å². The number of hydrogen-bond acceptors (Lipinski definition) is 4. The van der Waals surface area contributed by atoms with Crippen molar-refractivity contribution < 1.29 is 9.53 Å². The number of nitrogens with zero attached hydrogens (tertiary/aromatic N) is 3. The van der Waals surface area contributed by atoms with Gasteiger partial charge in [0.15, 0.2) is 0 Å². The predicted molar refractivity (Wildman–Crippen MR) is 129 cm³/mol. The van der Waals surface area contributed by atoms with Crippen molar-refractivity contribution in [2.75, 3.05) is 32.8 Å². The Hall–Kier alpha value is -1.22. The number of carbonyl (C=O) groups is 1. The first-order valence-corrected chi connectivity index (χ1v) is 15.6. The van der Waals surface area contributed by atoms with E-state index in [4.69, 9.17) is 4.74 Å². The van der Waals surface area contributed by atoms with Crippen molar-refractivity contribution in [2.45, 2.75) is 58.1 Å². The molecule has 1 saturated heterocycles. The lowest BCUT2D eigenvalue weighted by Crippen LogP contribution is -2.34. The number of nitrogens with one attached hydrogen (secondary N) is 1. The SMILES string of the molecule is C[Si](C)(C)CCOCn1c(C(=O)NCCCN2CCCCC2)nc2cc(Br)ccc21. The van der Waals surface area contributed by atoms with Crippen LogP contribution in [0, 0.1) is 0 Å². The molecule has 0 spiro atoms. The second-order valence-electron chi connectivity index (χ2n) is 9.36. The predicted octanol–water partition coefficient (Wildman–Crippen LogP) is 4.72. The molecule has 1 aromatic heterocycles. The average molecular weight is 496 g/mol. The van der Waals surface area contributed by atoms with E-state index in [1.165, 1.54) is 32.4 Å². The Morgan fingerprint density at radius 1 is 1.23 bits per heavy atom. The monoisotopic (exact) mass is 494 g/mol. The third kappa shape index (κ3) is 6.90. The van der Waals surface area contributed by atoms with Crippen LogP contribution >= 0.6 is 15.9 Å². The van der Waals surface area contributed by atoms with Gasteiger partial charge in [0.05, 0.1) is 11.0 Å². The summed E-state index contributed by atoms with van der Waals surface area (Å²) in [7, 11) is -1.15. The van der Waals surface area contributed by atoms with Gasteiger partial charge in [0.2, 0.25) is 5.82 Å². The molecule has 1 N–H and O–H groups in total. The summed E-state index contributed by atoms with van der Waals surface area (Å²) in [6.45, 7) is 12.2. The molecule has 2 aromatic rings. The number of amides is 1. The van der Waals surface area contributed by atoms with Crippen molar-refractivity contribution in [3.8, 4) is 0 Å². The Morgan fingerprint density at radius 3 is 2.73 bits per heavy atom. The Labute approximate surface area is 189 Å². The Bertz CT molecular complexity index is 844. The van der Waals surface area contributed by atoms with Crippen LogP contribution in [0.15, 0.2) is 22.7 Å². The van der Waals surface area contributed by atoms with E-state index in [9.17, 15) is 4.79 Å². The van der Waals surface area contributed by atoms with Crippen LogP contribution in [0.1, 0.15) is 36.3 Å². The molecule has 0 aliphatic carbocycles. The van der Waals surface area contributed by atoms with Gasteiger partial charge in [-0.1, -0.05) is 42.0 Å². The fraction of sp³-hybridized carbons (Fsp3) is 0.636. The van der Waals surface area contributed by atoms with Gasteiger partial charge in [0.1, 0.15) is 6.73 Å². The number of rotatable bonds is 10. The number of ether oxygens (including phenoxy) is 1. The second-order valence-corrected chi connectivity index (χ2v) is 15.9. The first-order chi connectivity index (χ1) is 14.3. The summed E-state index contributed by atoms with van der Waals surface area (Å²) in [4.78, 5) is 20.0. The molecular weight excluding hydrogens is 460 g/mol. The standard InChI is InChI=1S/C22H35BrN4O2Si/c1-30(2,3)15-14-29-17-27-20-9-8-18(23)16-19(20)25-21(27)22(28)24-10-7-13-26-11-5-4-6-12-26/h8-9,16H,4-7,10-15,17H2,1-3H3,(H,24,28). The van der Waals surface area contributed by atoms with Gasteiger partial charge in [-0.25, -0.2) is 4.98 Å². The van der Waals surface area contributed by atoms with E-state index < -0.39 is 8.07 Å². The number of likely N-dealkylation sites (tertiary alicyclic amines) is 1. The largest absolute Gasteiger partial charge is 0.361 e. The molecule has 1 aliphatic rings. The highest BCUT2D eigenvalue weighted by Crippen LogP contribution is 2.21. The normalized spacial score (nSPS) is 15.6. The number of aromatic nitrogens is 2. The van der Waals surface area contributed by atoms with Crippen molar-refractivity contribution in [1.29, 1.82) is 0 Å². The third-order valence-corrected chi connectivity index (χ3v) is 7.71. The smallest absolute Gasteiger partial charge is 0.287 e. The van der Waals surface area contributed by atoms with Gasteiger partial charge in [-0.3, -0.25) is 9.36 Å². The number of imidazole rings is 1. The lowest BCUT2D eigenvalue weighted by atomic mass is 10.1. The lowest BCUT2D eigenvalue weighted by Gasteiger charge is -2.26. The number of hydrogen-bond donors (Lipinski definition) is 1. The minimum atomic E-state index is -1.15. The topological polar surface area (TPSA) is 59.4 Å². The molecule has 2 heterocycles. The van der Waals surface area contributed by atoms with E-state index in [1.54, 1.807) is 0 Å². The maximum absolute atomic E-state index is 12.9. The van der Waals surface area contributed by atoms with Crippen LogP contribution in [0.5, 0.6) is 0 Å². The van der Waals surface area contributed by atoms with E-state index in [2.05, 4.69) is 50.8 Å². The molecular formula is C22H35BrN4O2Si. The van der Waals surface area contributed by atoms with Crippen LogP contribution in [0.2, 0.25) is 25.7 Å². The summed E-state index contributed by atoms with van der Waals surface area (Å²) in [5.41, 5.74) is 1.72. The van der Waals surface area contributed by atoms with Gasteiger partial charge in [0, 0.05) is 25.7 Å². The maximum Gasteiger partial charge on any atom is 0.287 e. The Kier molecular flexibility index (Phi) is 8.50. The molecule has 166 valence electrons. The molecule has 8 heteroatoms. The van der Waals surface area contributed by atoms with Gasteiger partial charge in [-0.2, -0.15) is 0 Å². The summed E-state index contributed by atoms with van der Waals surface area (Å²) in [5, 5.41) is 3.06. The first-order valence-electron chi connectivity index (χ1n) is 11.1. The van der Waals surface area contributed by atoms with Crippen molar-refractivity contribution >= 4 is 40.9 Å². The summed E-state index contributed by atoms with van der Waals surface area (Å²) in [6.07, 6.45) is 4.90. The molecule has 0 bridgehead atoms. The molecule has 1 aromatic carbocycles. The second kappa shape index (κ2) is 10.9. The summed E-state index contributed by atoms with van der Waals surface area (Å²) in [5.74, 6) is 0.295. The van der Waals surface area contributed by atoms with E-state index in [0.717, 1.165) is 34.5 Å². The minimum absolute atomic E-state index is 0.130. The average Bonchev–Trinajstić information content (AvgIpc) is 3.06. The van der Waals surface area contributed by atoms with Gasteiger partial charge in [-0.05, 0) is 63.1 Å². The summed E-state index contributed by atoms with van der Waals surface area (Å²) in [6, 6.07) is 7.01. The maximum atomic E-state index is 12.9. The molecule has 30 heavy (non-hydrogen) atoms. The number of piperidine rings is 1. The van der Waals surface area contributed by atoms with Crippen molar-refractivity contribution in [2.24, 2.45) is 0 Å². The van der Waals surface area contributed by atoms with Crippen LogP contribution in [-0.4, -0.2) is 61.2 Å². The van der Waals surface area contributed by atoms with Gasteiger partial charge in [0.25, 0.3) is 5.91 Å². The third-order valence-electron chi connectivity index (χ3n) is 5.52. The number of fused-ring (bicyclic) bond motifs is 1.